The van der Waals surface area contributed by atoms with Crippen LogP contribution in [0.2, 0.25) is 10.0 Å². The van der Waals surface area contributed by atoms with Gasteiger partial charge in [-0.15, -0.1) is 0 Å². The number of primary amides is 1. The number of aryl methyl sites for hydroxylation is 1. The molecule has 0 saturated heterocycles. The van der Waals surface area contributed by atoms with Gasteiger partial charge in [0.2, 0.25) is 0 Å². The second-order valence-corrected chi connectivity index (χ2v) is 5.67. The van der Waals surface area contributed by atoms with E-state index < -0.39 is 5.91 Å². The number of nitrogens with two attached hydrogens (primary N) is 1. The third kappa shape index (κ3) is 4.61. The molecule has 2 rings (SSSR count). The van der Waals surface area contributed by atoms with E-state index in [9.17, 15) is 9.59 Å². The van der Waals surface area contributed by atoms with Crippen LogP contribution in [0.25, 0.3) is 0 Å². The zero-order valence-corrected chi connectivity index (χ0v) is 13.7. The molecule has 2 aromatic carbocycles. The van der Waals surface area contributed by atoms with Crippen molar-refractivity contribution in [3.63, 3.8) is 0 Å². The van der Waals surface area contributed by atoms with Crippen molar-refractivity contribution in [2.45, 2.75) is 6.92 Å². The molecule has 7 heteroatoms. The summed E-state index contributed by atoms with van der Waals surface area (Å²) >= 11 is 11.7. The zero-order valence-electron chi connectivity index (χ0n) is 12.2. The highest BCUT2D eigenvalue weighted by Gasteiger charge is 2.12. The Labute approximate surface area is 143 Å². The molecule has 0 heterocycles. The molecule has 0 aliphatic heterocycles. The maximum Gasteiger partial charge on any atom is 0.262 e. The van der Waals surface area contributed by atoms with Crippen molar-refractivity contribution in [3.05, 3.63) is 57.6 Å². The van der Waals surface area contributed by atoms with Crippen LogP contribution >= 0.6 is 23.2 Å². The van der Waals surface area contributed by atoms with E-state index in [1.165, 1.54) is 12.1 Å². The first kappa shape index (κ1) is 17.1. The average Bonchev–Trinajstić information content (AvgIpc) is 2.49. The number of hydrogen-bond donors (Lipinski definition) is 2. The quantitative estimate of drug-likeness (QED) is 0.864. The van der Waals surface area contributed by atoms with Crippen molar-refractivity contribution in [1.82, 2.24) is 0 Å². The Bertz CT molecular complexity index is 763. The maximum atomic E-state index is 12.0. The summed E-state index contributed by atoms with van der Waals surface area (Å²) in [4.78, 5) is 23.3. The number of nitrogens with one attached hydrogen (secondary N) is 1. The van der Waals surface area contributed by atoms with Crippen molar-refractivity contribution in [1.29, 1.82) is 0 Å². The van der Waals surface area contributed by atoms with Gasteiger partial charge in [0.15, 0.2) is 6.61 Å². The molecule has 0 radical (unpaired) electrons. The van der Waals surface area contributed by atoms with Gasteiger partial charge in [-0.05, 0) is 42.8 Å². The molecule has 23 heavy (non-hydrogen) atoms. The highest BCUT2D eigenvalue weighted by Crippen LogP contribution is 2.23. The van der Waals surface area contributed by atoms with Gasteiger partial charge in [-0.3, -0.25) is 9.59 Å². The summed E-state index contributed by atoms with van der Waals surface area (Å²) in [6, 6.07) is 9.59. The lowest BCUT2D eigenvalue weighted by Gasteiger charge is -2.11. The molecular weight excluding hydrogens is 339 g/mol. The SMILES string of the molecule is Cc1ccc(Cl)cc1NC(=O)COc1ccc(Cl)cc1C(N)=O. The van der Waals surface area contributed by atoms with Crippen LogP contribution in [0.4, 0.5) is 5.69 Å². The molecule has 120 valence electrons. The number of hydrogen-bond acceptors (Lipinski definition) is 3. The number of amides is 2. The Hall–Kier alpha value is -2.24. The first-order valence-corrected chi connectivity index (χ1v) is 7.40. The van der Waals surface area contributed by atoms with Crippen LogP contribution in [0.15, 0.2) is 36.4 Å². The van der Waals surface area contributed by atoms with E-state index in [1.807, 2.05) is 6.92 Å². The van der Waals surface area contributed by atoms with Crippen LogP contribution in [0, 0.1) is 6.92 Å². The van der Waals surface area contributed by atoms with E-state index in [2.05, 4.69) is 5.32 Å². The third-order valence-corrected chi connectivity index (χ3v) is 3.51. The van der Waals surface area contributed by atoms with Crippen LogP contribution < -0.4 is 15.8 Å². The number of anilines is 1. The maximum absolute atomic E-state index is 12.0. The first-order chi connectivity index (χ1) is 10.9. The normalized spacial score (nSPS) is 10.2. The second kappa shape index (κ2) is 7.35. The largest absolute Gasteiger partial charge is 0.483 e. The standard InChI is InChI=1S/C16H14Cl2N2O3/c1-9-2-3-11(18)7-13(9)20-15(21)8-23-14-5-4-10(17)6-12(14)16(19)22/h2-7H,8H2,1H3,(H2,19,22)(H,20,21). The van der Waals surface area contributed by atoms with Crippen LogP contribution in [0.1, 0.15) is 15.9 Å². The second-order valence-electron chi connectivity index (χ2n) is 4.80. The van der Waals surface area contributed by atoms with Gasteiger partial charge in [0, 0.05) is 15.7 Å². The van der Waals surface area contributed by atoms with Crippen LogP contribution in [0.5, 0.6) is 5.75 Å². The van der Waals surface area contributed by atoms with Gasteiger partial charge < -0.3 is 15.8 Å². The highest BCUT2D eigenvalue weighted by molar-refractivity contribution is 6.31. The lowest BCUT2D eigenvalue weighted by atomic mass is 10.2. The molecule has 0 spiro atoms. The zero-order chi connectivity index (χ0) is 17.0. The monoisotopic (exact) mass is 352 g/mol. The van der Waals surface area contributed by atoms with E-state index in [0.717, 1.165) is 5.56 Å². The number of carbonyl (C=O) groups is 2. The molecule has 2 amide bonds. The van der Waals surface area contributed by atoms with Crippen LogP contribution in [-0.2, 0) is 4.79 Å². The predicted molar refractivity (Wildman–Crippen MR) is 90.3 cm³/mol. The van der Waals surface area contributed by atoms with Crippen molar-refractivity contribution < 1.29 is 14.3 Å². The van der Waals surface area contributed by atoms with E-state index in [1.54, 1.807) is 24.3 Å². The topological polar surface area (TPSA) is 81.4 Å². The Morgan fingerprint density at radius 2 is 1.78 bits per heavy atom. The fraction of sp³-hybridized carbons (Fsp3) is 0.125. The molecule has 0 fully saturated rings. The number of carbonyl (C=O) groups excluding carboxylic acids is 2. The molecule has 0 unspecified atom stereocenters. The summed E-state index contributed by atoms with van der Waals surface area (Å²) in [6.07, 6.45) is 0. The minimum atomic E-state index is -0.686. The van der Waals surface area contributed by atoms with Gasteiger partial charge in [0.05, 0.1) is 5.56 Å². The molecule has 0 saturated carbocycles. The van der Waals surface area contributed by atoms with Gasteiger partial charge in [-0.25, -0.2) is 0 Å². The summed E-state index contributed by atoms with van der Waals surface area (Å²) in [5.74, 6) is -0.880. The van der Waals surface area contributed by atoms with Crippen molar-refractivity contribution in [3.8, 4) is 5.75 Å². The van der Waals surface area contributed by atoms with Crippen LogP contribution in [0.3, 0.4) is 0 Å². The summed E-state index contributed by atoms with van der Waals surface area (Å²) in [5.41, 5.74) is 6.83. The Morgan fingerprint density at radius 3 is 2.48 bits per heavy atom. The Morgan fingerprint density at radius 1 is 1.13 bits per heavy atom. The van der Waals surface area contributed by atoms with Gasteiger partial charge in [-0.1, -0.05) is 29.3 Å². The fourth-order valence-electron chi connectivity index (χ4n) is 1.88. The lowest BCUT2D eigenvalue weighted by molar-refractivity contribution is -0.118. The molecule has 0 aliphatic rings. The van der Waals surface area contributed by atoms with Crippen molar-refractivity contribution in [2.24, 2.45) is 5.73 Å². The summed E-state index contributed by atoms with van der Waals surface area (Å²) in [7, 11) is 0. The molecular formula is C16H14Cl2N2O3. The molecule has 5 nitrogen and oxygen atoms in total. The van der Waals surface area contributed by atoms with E-state index in [-0.39, 0.29) is 23.8 Å². The van der Waals surface area contributed by atoms with Crippen molar-refractivity contribution >= 4 is 40.7 Å². The van der Waals surface area contributed by atoms with Gasteiger partial charge in [-0.2, -0.15) is 0 Å². The Kier molecular flexibility index (Phi) is 5.47. The Balaban J connectivity index is 2.05. The lowest BCUT2D eigenvalue weighted by Crippen LogP contribution is -2.22. The minimum absolute atomic E-state index is 0.115. The number of rotatable bonds is 5. The molecule has 2 aromatic rings. The van der Waals surface area contributed by atoms with E-state index >= 15 is 0 Å². The molecule has 3 N–H and O–H groups in total. The van der Waals surface area contributed by atoms with E-state index in [0.29, 0.717) is 15.7 Å². The summed E-state index contributed by atoms with van der Waals surface area (Å²) in [5, 5.41) is 3.56. The van der Waals surface area contributed by atoms with Gasteiger partial charge in [0.1, 0.15) is 5.75 Å². The molecule has 0 aromatic heterocycles. The van der Waals surface area contributed by atoms with E-state index in [4.69, 9.17) is 33.7 Å². The van der Waals surface area contributed by atoms with Gasteiger partial charge >= 0.3 is 0 Å². The average molecular weight is 353 g/mol. The molecule has 0 aliphatic carbocycles. The minimum Gasteiger partial charge on any atom is -0.483 e. The smallest absolute Gasteiger partial charge is 0.262 e. The predicted octanol–water partition coefficient (Wildman–Crippen LogP) is 3.42. The third-order valence-electron chi connectivity index (χ3n) is 3.04. The molecule has 0 atom stereocenters. The number of ether oxygens (including phenoxy) is 1. The van der Waals surface area contributed by atoms with Gasteiger partial charge in [0.25, 0.3) is 11.8 Å². The summed E-state index contributed by atoms with van der Waals surface area (Å²) in [6.45, 7) is 1.56. The highest BCUT2D eigenvalue weighted by atomic mass is 35.5. The summed E-state index contributed by atoms with van der Waals surface area (Å²) < 4.78 is 5.35. The molecule has 0 bridgehead atoms. The number of halogens is 2. The fourth-order valence-corrected chi connectivity index (χ4v) is 2.22. The first-order valence-electron chi connectivity index (χ1n) is 6.65. The number of benzene rings is 2. The van der Waals surface area contributed by atoms with Crippen LogP contribution in [-0.4, -0.2) is 18.4 Å². The van der Waals surface area contributed by atoms with Crippen molar-refractivity contribution in [2.75, 3.05) is 11.9 Å².